The molecule has 0 spiro atoms. The minimum atomic E-state index is 0.0520. The normalized spacial score (nSPS) is 37.1. The maximum absolute atomic E-state index is 6.16. The molecule has 1 saturated heterocycles. The van der Waals surface area contributed by atoms with Crippen LogP contribution in [0, 0.1) is 0 Å². The van der Waals surface area contributed by atoms with Crippen molar-refractivity contribution in [3.63, 3.8) is 0 Å². The third-order valence-electron chi connectivity index (χ3n) is 2.88. The first-order valence-corrected chi connectivity index (χ1v) is 7.92. The number of hydrogen-bond acceptors (Lipinski definition) is 3. The Balaban J connectivity index is 2.67. The molecule has 0 saturated carbocycles. The molecule has 1 heterocycles. The summed E-state index contributed by atoms with van der Waals surface area (Å²) in [6.45, 7) is 8.91. The Labute approximate surface area is 96.1 Å². The molecule has 0 aromatic heterocycles. The van der Waals surface area contributed by atoms with Crippen LogP contribution in [-0.4, -0.2) is 22.7 Å². The van der Waals surface area contributed by atoms with Crippen molar-refractivity contribution in [2.75, 3.05) is 6.26 Å². The van der Waals surface area contributed by atoms with Crippen LogP contribution in [0.25, 0.3) is 0 Å². The van der Waals surface area contributed by atoms with Crippen molar-refractivity contribution in [3.05, 3.63) is 0 Å². The molecule has 1 aliphatic rings. The van der Waals surface area contributed by atoms with Gasteiger partial charge in [-0.1, -0.05) is 28.5 Å². The lowest BCUT2D eigenvalue weighted by Gasteiger charge is -2.46. The van der Waals surface area contributed by atoms with Gasteiger partial charge in [0.2, 0.25) is 0 Å². The molecule has 2 unspecified atom stereocenters. The van der Waals surface area contributed by atoms with E-state index in [9.17, 15) is 0 Å². The van der Waals surface area contributed by atoms with Crippen LogP contribution < -0.4 is 0 Å². The summed E-state index contributed by atoms with van der Waals surface area (Å²) in [7, 11) is 3.89. The van der Waals surface area contributed by atoms with Crippen LogP contribution in [0.4, 0.5) is 0 Å². The average molecular weight is 234 g/mol. The molecule has 14 heavy (non-hydrogen) atoms. The predicted octanol–water partition coefficient (Wildman–Crippen LogP) is 4.12. The maximum Gasteiger partial charge on any atom is 0.0670 e. The van der Waals surface area contributed by atoms with Crippen LogP contribution in [0.1, 0.15) is 47.0 Å². The van der Waals surface area contributed by atoms with Gasteiger partial charge in [0.1, 0.15) is 0 Å². The van der Waals surface area contributed by atoms with Crippen LogP contribution in [0.3, 0.4) is 0 Å². The van der Waals surface area contributed by atoms with Gasteiger partial charge in [0.05, 0.1) is 11.2 Å². The van der Waals surface area contributed by atoms with Gasteiger partial charge in [0.25, 0.3) is 0 Å². The van der Waals surface area contributed by atoms with Gasteiger partial charge >= 0.3 is 0 Å². The fourth-order valence-corrected chi connectivity index (χ4v) is 4.66. The third-order valence-corrected chi connectivity index (χ3v) is 5.07. The highest BCUT2D eigenvalue weighted by Gasteiger charge is 2.41. The van der Waals surface area contributed by atoms with Crippen molar-refractivity contribution >= 4 is 21.6 Å². The molecule has 84 valence electrons. The molecular formula is C11H22OS2. The molecule has 3 heteroatoms. The van der Waals surface area contributed by atoms with E-state index in [4.69, 9.17) is 4.74 Å². The lowest BCUT2D eigenvalue weighted by atomic mass is 9.86. The third kappa shape index (κ3) is 3.35. The average Bonchev–Trinajstić information content (AvgIpc) is 2.01. The summed E-state index contributed by atoms with van der Waals surface area (Å²) in [6.07, 6.45) is 5.64. The van der Waals surface area contributed by atoms with Crippen LogP contribution in [-0.2, 0) is 4.74 Å². The van der Waals surface area contributed by atoms with Crippen molar-refractivity contribution in [3.8, 4) is 0 Å². The van der Waals surface area contributed by atoms with Crippen molar-refractivity contribution in [1.29, 1.82) is 0 Å². The first-order valence-electron chi connectivity index (χ1n) is 5.30. The van der Waals surface area contributed by atoms with Gasteiger partial charge in [-0.15, -0.1) is 0 Å². The van der Waals surface area contributed by atoms with Crippen molar-refractivity contribution < 1.29 is 4.74 Å². The molecule has 1 rings (SSSR count). The van der Waals surface area contributed by atoms with Crippen molar-refractivity contribution in [2.24, 2.45) is 0 Å². The molecule has 0 radical (unpaired) electrons. The predicted molar refractivity (Wildman–Crippen MR) is 68.0 cm³/mol. The summed E-state index contributed by atoms with van der Waals surface area (Å²) >= 11 is 0. The molecule has 0 aromatic carbocycles. The summed E-state index contributed by atoms with van der Waals surface area (Å²) in [5.74, 6) is 0. The smallest absolute Gasteiger partial charge is 0.0670 e. The minimum Gasteiger partial charge on any atom is -0.369 e. The fraction of sp³-hybridized carbons (Fsp3) is 1.00. The quantitative estimate of drug-likeness (QED) is 0.680. The zero-order valence-electron chi connectivity index (χ0n) is 9.92. The van der Waals surface area contributed by atoms with Gasteiger partial charge in [-0.3, -0.25) is 0 Å². The Hall–Kier alpha value is 0.660. The Kier molecular flexibility index (Phi) is 4.24. The highest BCUT2D eigenvalue weighted by molar-refractivity contribution is 8.76. The Morgan fingerprint density at radius 3 is 2.43 bits per heavy atom. The van der Waals surface area contributed by atoms with Gasteiger partial charge in [-0.2, -0.15) is 0 Å². The summed E-state index contributed by atoms with van der Waals surface area (Å²) in [4.78, 5) is 0. The second-order valence-corrected chi connectivity index (χ2v) is 7.73. The summed E-state index contributed by atoms with van der Waals surface area (Å²) < 4.78 is 6.16. The zero-order chi connectivity index (χ0) is 10.8. The lowest BCUT2D eigenvalue weighted by molar-refractivity contribution is -0.163. The van der Waals surface area contributed by atoms with Gasteiger partial charge in [0, 0.05) is 5.25 Å². The van der Waals surface area contributed by atoms with Crippen LogP contribution in [0.5, 0.6) is 0 Å². The summed E-state index contributed by atoms with van der Waals surface area (Å²) in [6, 6.07) is 0. The minimum absolute atomic E-state index is 0.0520. The van der Waals surface area contributed by atoms with E-state index in [-0.39, 0.29) is 11.2 Å². The van der Waals surface area contributed by atoms with Gasteiger partial charge in [-0.05, 0) is 46.3 Å². The molecule has 0 aliphatic carbocycles. The number of ether oxygens (including phenoxy) is 1. The van der Waals surface area contributed by atoms with E-state index in [1.54, 1.807) is 0 Å². The Morgan fingerprint density at radius 2 is 1.93 bits per heavy atom. The SMILES string of the molecule is CCC1(C)CC(SSC)CC(C)(C)O1. The lowest BCUT2D eigenvalue weighted by Crippen LogP contribution is -2.47. The van der Waals surface area contributed by atoms with E-state index in [1.165, 1.54) is 12.8 Å². The van der Waals surface area contributed by atoms with Crippen LogP contribution in [0.15, 0.2) is 0 Å². The second-order valence-electron chi connectivity index (χ2n) is 4.96. The first kappa shape index (κ1) is 12.7. The van der Waals surface area contributed by atoms with E-state index in [1.807, 2.05) is 21.6 Å². The van der Waals surface area contributed by atoms with E-state index >= 15 is 0 Å². The largest absolute Gasteiger partial charge is 0.369 e. The topological polar surface area (TPSA) is 9.23 Å². The molecule has 1 nitrogen and oxygen atoms in total. The van der Waals surface area contributed by atoms with Crippen LogP contribution in [0.2, 0.25) is 0 Å². The van der Waals surface area contributed by atoms with Crippen molar-refractivity contribution in [1.82, 2.24) is 0 Å². The second kappa shape index (κ2) is 4.67. The van der Waals surface area contributed by atoms with E-state index in [0.29, 0.717) is 0 Å². The Bertz CT molecular complexity index is 194. The fourth-order valence-electron chi connectivity index (χ4n) is 2.27. The highest BCUT2D eigenvalue weighted by atomic mass is 33.1. The molecule has 0 amide bonds. The molecule has 0 bridgehead atoms. The molecule has 0 aromatic rings. The summed E-state index contributed by atoms with van der Waals surface area (Å²) in [5, 5.41) is 0.749. The van der Waals surface area contributed by atoms with E-state index in [0.717, 1.165) is 11.7 Å². The summed E-state index contributed by atoms with van der Waals surface area (Å²) in [5.41, 5.74) is 0.144. The van der Waals surface area contributed by atoms with Gasteiger partial charge in [-0.25, -0.2) is 0 Å². The van der Waals surface area contributed by atoms with E-state index < -0.39 is 0 Å². The molecule has 1 fully saturated rings. The van der Waals surface area contributed by atoms with Crippen molar-refractivity contribution in [2.45, 2.75) is 63.4 Å². The highest BCUT2D eigenvalue weighted by Crippen LogP contribution is 2.44. The van der Waals surface area contributed by atoms with Crippen LogP contribution >= 0.6 is 21.6 Å². The standard InChI is InChI=1S/C11H22OS2/c1-6-11(4)8-9(14-13-5)7-10(2,3)12-11/h9H,6-8H2,1-5H3. The monoisotopic (exact) mass is 234 g/mol. The molecule has 0 N–H and O–H groups in total. The number of rotatable bonds is 3. The molecule has 1 aliphatic heterocycles. The molecular weight excluding hydrogens is 212 g/mol. The first-order chi connectivity index (χ1) is 6.41. The van der Waals surface area contributed by atoms with Gasteiger partial charge in [0.15, 0.2) is 0 Å². The maximum atomic E-state index is 6.16. The molecule has 2 atom stereocenters. The van der Waals surface area contributed by atoms with E-state index in [2.05, 4.69) is 34.0 Å². The Morgan fingerprint density at radius 1 is 1.29 bits per heavy atom. The van der Waals surface area contributed by atoms with Gasteiger partial charge < -0.3 is 4.74 Å². The zero-order valence-corrected chi connectivity index (χ0v) is 11.6. The number of hydrogen-bond donors (Lipinski definition) is 0.